The maximum Gasteiger partial charge on any atom is 0.244 e. The number of amides is 1. The predicted molar refractivity (Wildman–Crippen MR) is 75.5 cm³/mol. The fourth-order valence-electron chi connectivity index (χ4n) is 1.99. The molecule has 0 atom stereocenters. The highest BCUT2D eigenvalue weighted by atomic mass is 16.5. The van der Waals surface area contributed by atoms with Crippen LogP contribution in [0.1, 0.15) is 11.4 Å². The molecule has 0 bridgehead atoms. The number of carbonyl (C=O) groups excluding carboxylic acids is 1. The maximum absolute atomic E-state index is 12.0. The van der Waals surface area contributed by atoms with E-state index in [1.54, 1.807) is 13.2 Å². The first-order valence-electron chi connectivity index (χ1n) is 6.17. The Morgan fingerprint density at radius 2 is 1.89 bits per heavy atom. The Morgan fingerprint density at radius 1 is 1.21 bits per heavy atom. The molecule has 1 N–H and O–H groups in total. The lowest BCUT2D eigenvalue weighted by Gasteiger charge is -2.10. The molecule has 2 rings (SSSR count). The average Bonchev–Trinajstić information content (AvgIpc) is 2.71. The second-order valence-electron chi connectivity index (χ2n) is 4.48. The molecule has 0 saturated carbocycles. The Balaban J connectivity index is 2.05. The first-order chi connectivity index (χ1) is 9.10. The van der Waals surface area contributed by atoms with Gasteiger partial charge in [0, 0.05) is 23.1 Å². The van der Waals surface area contributed by atoms with Crippen molar-refractivity contribution in [1.29, 1.82) is 0 Å². The third-order valence-electron chi connectivity index (χ3n) is 3.07. The Kier molecular flexibility index (Phi) is 3.90. The zero-order valence-corrected chi connectivity index (χ0v) is 11.4. The van der Waals surface area contributed by atoms with Crippen molar-refractivity contribution in [3.63, 3.8) is 0 Å². The van der Waals surface area contributed by atoms with E-state index >= 15 is 0 Å². The summed E-state index contributed by atoms with van der Waals surface area (Å²) in [5, 5.41) is 2.87. The maximum atomic E-state index is 12.0. The zero-order chi connectivity index (χ0) is 13.8. The largest absolute Gasteiger partial charge is 0.497 e. The Hall–Kier alpha value is -2.23. The highest BCUT2D eigenvalue weighted by molar-refractivity contribution is 5.90. The van der Waals surface area contributed by atoms with Crippen LogP contribution in [0.3, 0.4) is 0 Å². The molecule has 1 aromatic heterocycles. The number of methoxy groups -OCH3 is 1. The number of anilines is 1. The molecule has 1 amide bonds. The van der Waals surface area contributed by atoms with Crippen LogP contribution in [0.15, 0.2) is 36.4 Å². The molecule has 4 heteroatoms. The van der Waals surface area contributed by atoms with Crippen molar-refractivity contribution in [2.75, 3.05) is 12.4 Å². The fourth-order valence-corrected chi connectivity index (χ4v) is 1.99. The van der Waals surface area contributed by atoms with Gasteiger partial charge in [0.15, 0.2) is 0 Å². The molecular formula is C15H18N2O2. The Morgan fingerprint density at radius 3 is 2.53 bits per heavy atom. The van der Waals surface area contributed by atoms with E-state index in [1.807, 2.05) is 48.7 Å². The number of ether oxygens (including phenoxy) is 1. The molecule has 4 nitrogen and oxygen atoms in total. The normalized spacial score (nSPS) is 10.3. The van der Waals surface area contributed by atoms with Crippen molar-refractivity contribution < 1.29 is 9.53 Å². The molecule has 0 saturated heterocycles. The number of rotatable bonds is 4. The fraction of sp³-hybridized carbons (Fsp3) is 0.267. The van der Waals surface area contributed by atoms with E-state index in [-0.39, 0.29) is 5.91 Å². The lowest BCUT2D eigenvalue weighted by Crippen LogP contribution is -2.20. The molecular weight excluding hydrogens is 240 g/mol. The van der Waals surface area contributed by atoms with Crippen molar-refractivity contribution in [2.45, 2.75) is 20.4 Å². The van der Waals surface area contributed by atoms with Crippen molar-refractivity contribution in [2.24, 2.45) is 0 Å². The summed E-state index contributed by atoms with van der Waals surface area (Å²) in [4.78, 5) is 12.0. The van der Waals surface area contributed by atoms with E-state index in [4.69, 9.17) is 4.74 Å². The molecule has 19 heavy (non-hydrogen) atoms. The number of hydrogen-bond donors (Lipinski definition) is 1. The minimum atomic E-state index is -0.0457. The Labute approximate surface area is 113 Å². The smallest absolute Gasteiger partial charge is 0.244 e. The van der Waals surface area contributed by atoms with Gasteiger partial charge in [-0.1, -0.05) is 6.07 Å². The molecule has 0 aliphatic carbocycles. The van der Waals surface area contributed by atoms with Gasteiger partial charge in [-0.3, -0.25) is 4.79 Å². The van der Waals surface area contributed by atoms with Crippen LogP contribution < -0.4 is 10.1 Å². The van der Waals surface area contributed by atoms with Gasteiger partial charge in [0.2, 0.25) is 5.91 Å². The van der Waals surface area contributed by atoms with Gasteiger partial charge in [-0.2, -0.15) is 0 Å². The van der Waals surface area contributed by atoms with E-state index in [9.17, 15) is 4.79 Å². The predicted octanol–water partition coefficient (Wildman–Crippen LogP) is 2.75. The number of benzene rings is 1. The molecule has 0 fully saturated rings. The molecule has 1 aromatic carbocycles. The van der Waals surface area contributed by atoms with Crippen LogP contribution in [0.4, 0.5) is 5.69 Å². The van der Waals surface area contributed by atoms with Crippen molar-refractivity contribution in [1.82, 2.24) is 4.57 Å². The SMILES string of the molecule is COc1cccc(NC(=O)Cn2c(C)ccc2C)c1. The molecule has 0 radical (unpaired) electrons. The zero-order valence-electron chi connectivity index (χ0n) is 11.4. The highest BCUT2D eigenvalue weighted by Gasteiger charge is 2.07. The van der Waals surface area contributed by atoms with Gasteiger partial charge in [0.25, 0.3) is 0 Å². The molecule has 2 aromatic rings. The number of nitrogens with one attached hydrogen (secondary N) is 1. The molecule has 0 aliphatic rings. The number of carbonyl (C=O) groups is 1. The first-order valence-corrected chi connectivity index (χ1v) is 6.17. The minimum absolute atomic E-state index is 0.0457. The summed E-state index contributed by atoms with van der Waals surface area (Å²) < 4.78 is 7.11. The Bertz CT molecular complexity index is 568. The lowest BCUT2D eigenvalue weighted by atomic mass is 10.3. The van der Waals surface area contributed by atoms with Crippen LogP contribution in [-0.2, 0) is 11.3 Å². The topological polar surface area (TPSA) is 43.3 Å². The van der Waals surface area contributed by atoms with Crippen molar-refractivity contribution in [3.8, 4) is 5.75 Å². The van der Waals surface area contributed by atoms with Crippen LogP contribution in [0.5, 0.6) is 5.75 Å². The van der Waals surface area contributed by atoms with Crippen molar-refractivity contribution >= 4 is 11.6 Å². The number of hydrogen-bond acceptors (Lipinski definition) is 2. The second-order valence-corrected chi connectivity index (χ2v) is 4.48. The summed E-state index contributed by atoms with van der Waals surface area (Å²) in [5.74, 6) is 0.682. The third kappa shape index (κ3) is 3.16. The van der Waals surface area contributed by atoms with Crippen molar-refractivity contribution in [3.05, 3.63) is 47.8 Å². The monoisotopic (exact) mass is 258 g/mol. The van der Waals surface area contributed by atoms with E-state index in [0.717, 1.165) is 22.8 Å². The number of aromatic nitrogens is 1. The van der Waals surface area contributed by atoms with E-state index in [1.165, 1.54) is 0 Å². The third-order valence-corrected chi connectivity index (χ3v) is 3.07. The van der Waals surface area contributed by atoms with Crippen LogP contribution in [0, 0.1) is 13.8 Å². The molecule has 1 heterocycles. The molecule has 0 unspecified atom stereocenters. The summed E-state index contributed by atoms with van der Waals surface area (Å²) in [5.41, 5.74) is 2.91. The summed E-state index contributed by atoms with van der Waals surface area (Å²) >= 11 is 0. The van der Waals surface area contributed by atoms with Gasteiger partial charge in [0.1, 0.15) is 12.3 Å². The quantitative estimate of drug-likeness (QED) is 0.916. The van der Waals surface area contributed by atoms with Gasteiger partial charge in [-0.25, -0.2) is 0 Å². The van der Waals surface area contributed by atoms with Gasteiger partial charge in [-0.05, 0) is 38.1 Å². The highest BCUT2D eigenvalue weighted by Crippen LogP contribution is 2.17. The average molecular weight is 258 g/mol. The summed E-state index contributed by atoms with van der Waals surface area (Å²) in [6, 6.07) is 11.3. The van der Waals surface area contributed by atoms with Gasteiger partial charge in [-0.15, -0.1) is 0 Å². The minimum Gasteiger partial charge on any atom is -0.497 e. The van der Waals surface area contributed by atoms with E-state index < -0.39 is 0 Å². The summed E-state index contributed by atoms with van der Waals surface area (Å²) in [7, 11) is 1.60. The number of nitrogens with zero attached hydrogens (tertiary/aromatic N) is 1. The summed E-state index contributed by atoms with van der Waals surface area (Å²) in [6.07, 6.45) is 0. The summed E-state index contributed by atoms with van der Waals surface area (Å²) in [6.45, 7) is 4.31. The van der Waals surface area contributed by atoms with E-state index in [2.05, 4.69) is 5.32 Å². The standard InChI is InChI=1S/C15H18N2O2/c1-11-7-8-12(2)17(11)10-15(18)16-13-5-4-6-14(9-13)19-3/h4-9H,10H2,1-3H3,(H,16,18). The van der Waals surface area contributed by atoms with Gasteiger partial charge >= 0.3 is 0 Å². The number of aryl methyl sites for hydroxylation is 2. The molecule has 0 spiro atoms. The molecule has 100 valence electrons. The van der Waals surface area contributed by atoms with Gasteiger partial charge in [0.05, 0.1) is 7.11 Å². The van der Waals surface area contributed by atoms with E-state index in [0.29, 0.717) is 6.54 Å². The van der Waals surface area contributed by atoms with Crippen LogP contribution in [0.25, 0.3) is 0 Å². The second kappa shape index (κ2) is 5.61. The van der Waals surface area contributed by atoms with Crippen LogP contribution >= 0.6 is 0 Å². The van der Waals surface area contributed by atoms with Crippen LogP contribution in [0.2, 0.25) is 0 Å². The molecule has 0 aliphatic heterocycles. The first kappa shape index (κ1) is 13.2. The van der Waals surface area contributed by atoms with Crippen LogP contribution in [-0.4, -0.2) is 17.6 Å². The van der Waals surface area contributed by atoms with Gasteiger partial charge < -0.3 is 14.6 Å². The lowest BCUT2D eigenvalue weighted by molar-refractivity contribution is -0.116.